The van der Waals surface area contributed by atoms with E-state index in [0.29, 0.717) is 5.75 Å². The van der Waals surface area contributed by atoms with Crippen LogP contribution in [0.25, 0.3) is 11.6 Å². The number of benzene rings is 2. The SMILES string of the molecule is COc1ccccc1Oc1c(NS(=O)(=O)c2ccc(C(C)(C)C)cc2)nc(-c2ncccn2)nc1OCCC(=O)Nc1ccsc1C. The highest BCUT2D eigenvalue weighted by Crippen LogP contribution is 2.41. The zero-order valence-electron chi connectivity index (χ0n) is 26.5. The molecule has 0 radical (unpaired) electrons. The van der Waals surface area contributed by atoms with Gasteiger partial charge in [0.2, 0.25) is 17.5 Å². The van der Waals surface area contributed by atoms with Crippen LogP contribution in [0.4, 0.5) is 11.5 Å². The maximum Gasteiger partial charge on any atom is 0.263 e. The topological polar surface area (TPSA) is 155 Å². The van der Waals surface area contributed by atoms with Gasteiger partial charge in [-0.15, -0.1) is 11.3 Å². The number of hydrogen-bond acceptors (Lipinski definition) is 11. The minimum atomic E-state index is -4.20. The molecule has 0 fully saturated rings. The van der Waals surface area contributed by atoms with Crippen LogP contribution in [0.15, 0.2) is 83.3 Å². The molecule has 0 spiro atoms. The molecule has 0 bridgehead atoms. The summed E-state index contributed by atoms with van der Waals surface area (Å²) < 4.78 is 47.7. The lowest BCUT2D eigenvalue weighted by atomic mass is 9.87. The predicted molar refractivity (Wildman–Crippen MR) is 180 cm³/mol. The third kappa shape index (κ3) is 8.20. The first-order chi connectivity index (χ1) is 22.4. The van der Waals surface area contributed by atoms with Crippen molar-refractivity contribution in [3.8, 4) is 34.8 Å². The number of amides is 1. The zero-order chi connectivity index (χ0) is 33.6. The number of aromatic nitrogens is 4. The highest BCUT2D eigenvalue weighted by atomic mass is 32.2. The summed E-state index contributed by atoms with van der Waals surface area (Å²) in [4.78, 5) is 31.1. The van der Waals surface area contributed by atoms with Crippen LogP contribution in [-0.4, -0.2) is 48.0 Å². The molecule has 2 aromatic carbocycles. The molecule has 0 saturated heterocycles. The normalized spacial score (nSPS) is 11.5. The molecular formula is C33H34N6O6S2. The Morgan fingerprint density at radius 1 is 0.915 bits per heavy atom. The molecule has 14 heteroatoms. The van der Waals surface area contributed by atoms with Crippen LogP contribution in [0.1, 0.15) is 37.6 Å². The summed E-state index contributed by atoms with van der Waals surface area (Å²) in [5.74, 6) is -0.125. The Balaban J connectivity index is 1.55. The van der Waals surface area contributed by atoms with Crippen LogP contribution in [0, 0.1) is 6.92 Å². The molecule has 5 aromatic rings. The fourth-order valence-electron chi connectivity index (χ4n) is 4.30. The van der Waals surface area contributed by atoms with Crippen LogP contribution < -0.4 is 24.2 Å². The summed E-state index contributed by atoms with van der Waals surface area (Å²) in [6, 6.07) is 16.8. The van der Waals surface area contributed by atoms with Gasteiger partial charge in [0.15, 0.2) is 23.1 Å². The lowest BCUT2D eigenvalue weighted by Crippen LogP contribution is -2.18. The second-order valence-corrected chi connectivity index (χ2v) is 14.1. The van der Waals surface area contributed by atoms with Gasteiger partial charge in [-0.3, -0.25) is 9.52 Å². The van der Waals surface area contributed by atoms with Gasteiger partial charge >= 0.3 is 0 Å². The van der Waals surface area contributed by atoms with E-state index in [1.54, 1.807) is 42.5 Å². The van der Waals surface area contributed by atoms with Crippen molar-refractivity contribution in [3.05, 3.63) is 88.9 Å². The smallest absolute Gasteiger partial charge is 0.263 e. The molecule has 5 rings (SSSR count). The Bertz CT molecular complexity index is 1960. The summed E-state index contributed by atoms with van der Waals surface area (Å²) in [7, 11) is -2.72. The minimum Gasteiger partial charge on any atom is -0.493 e. The number of rotatable bonds is 12. The van der Waals surface area contributed by atoms with E-state index in [1.807, 2.05) is 39.1 Å². The Morgan fingerprint density at radius 2 is 1.62 bits per heavy atom. The monoisotopic (exact) mass is 674 g/mol. The van der Waals surface area contributed by atoms with Gasteiger partial charge in [0, 0.05) is 17.3 Å². The summed E-state index contributed by atoms with van der Waals surface area (Å²) in [6.45, 7) is 7.91. The summed E-state index contributed by atoms with van der Waals surface area (Å²) in [5.41, 5.74) is 1.52. The van der Waals surface area contributed by atoms with Crippen molar-refractivity contribution >= 4 is 38.8 Å². The van der Waals surface area contributed by atoms with Crippen molar-refractivity contribution in [2.45, 2.75) is 44.4 Å². The molecule has 1 amide bonds. The second kappa shape index (κ2) is 14.1. The standard InChI is InChI=1S/C33H34N6O6S2/c1-21-24(16-20-46-21)36-27(40)15-19-44-32-28(45-26-10-7-6-9-25(26)43-5)29(37-31(38-32)30-34-17-8-18-35-30)39-47(41,42)23-13-11-22(12-14-23)33(2,3)4/h6-14,16-18,20H,15,19H2,1-5H3,(H,36,40)(H,37,38,39). The van der Waals surface area contributed by atoms with E-state index >= 15 is 0 Å². The number of carbonyl (C=O) groups is 1. The number of para-hydroxylation sites is 2. The quantitative estimate of drug-likeness (QED) is 0.148. The Morgan fingerprint density at radius 3 is 2.26 bits per heavy atom. The first kappa shape index (κ1) is 33.3. The Labute approximate surface area is 277 Å². The summed E-state index contributed by atoms with van der Waals surface area (Å²) in [5, 5.41) is 4.74. The van der Waals surface area contributed by atoms with Gasteiger partial charge in [0.05, 0.1) is 30.7 Å². The van der Waals surface area contributed by atoms with Crippen molar-refractivity contribution in [3.63, 3.8) is 0 Å². The van der Waals surface area contributed by atoms with Crippen LogP contribution in [0.2, 0.25) is 0 Å². The molecule has 3 aromatic heterocycles. The van der Waals surface area contributed by atoms with Crippen LogP contribution in [-0.2, 0) is 20.2 Å². The van der Waals surface area contributed by atoms with E-state index in [-0.39, 0.29) is 64.1 Å². The van der Waals surface area contributed by atoms with Crippen molar-refractivity contribution < 1.29 is 27.4 Å². The largest absolute Gasteiger partial charge is 0.493 e. The van der Waals surface area contributed by atoms with Gasteiger partial charge in [-0.2, -0.15) is 4.98 Å². The van der Waals surface area contributed by atoms with Crippen LogP contribution in [0.5, 0.6) is 23.1 Å². The van der Waals surface area contributed by atoms with E-state index < -0.39 is 10.0 Å². The number of aryl methyl sites for hydroxylation is 1. The highest BCUT2D eigenvalue weighted by molar-refractivity contribution is 7.92. The average molecular weight is 675 g/mol. The molecule has 244 valence electrons. The number of sulfonamides is 1. The average Bonchev–Trinajstić information content (AvgIpc) is 3.45. The number of anilines is 2. The van der Waals surface area contributed by atoms with Crippen molar-refractivity contribution in [2.24, 2.45) is 0 Å². The fourth-order valence-corrected chi connectivity index (χ4v) is 5.96. The van der Waals surface area contributed by atoms with E-state index in [4.69, 9.17) is 14.2 Å². The van der Waals surface area contributed by atoms with Gasteiger partial charge in [-0.05, 0) is 59.7 Å². The van der Waals surface area contributed by atoms with Gasteiger partial charge in [-0.1, -0.05) is 45.0 Å². The van der Waals surface area contributed by atoms with Crippen molar-refractivity contribution in [1.29, 1.82) is 0 Å². The molecule has 12 nitrogen and oxygen atoms in total. The zero-order valence-corrected chi connectivity index (χ0v) is 28.1. The first-order valence-corrected chi connectivity index (χ1v) is 16.9. The molecule has 2 N–H and O–H groups in total. The van der Waals surface area contributed by atoms with E-state index in [1.165, 1.54) is 43.0 Å². The van der Waals surface area contributed by atoms with Gasteiger partial charge < -0.3 is 19.5 Å². The maximum absolute atomic E-state index is 13.8. The number of thiophene rings is 1. The molecule has 0 aliphatic rings. The number of nitrogens with one attached hydrogen (secondary N) is 2. The molecule has 3 heterocycles. The second-order valence-electron chi connectivity index (χ2n) is 11.3. The number of ether oxygens (including phenoxy) is 3. The van der Waals surface area contributed by atoms with Crippen molar-refractivity contribution in [1.82, 2.24) is 19.9 Å². The summed E-state index contributed by atoms with van der Waals surface area (Å²) >= 11 is 1.52. The third-order valence-electron chi connectivity index (χ3n) is 6.84. The molecule has 47 heavy (non-hydrogen) atoms. The molecule has 0 aliphatic carbocycles. The van der Waals surface area contributed by atoms with Crippen LogP contribution in [0.3, 0.4) is 0 Å². The van der Waals surface area contributed by atoms with E-state index in [2.05, 4.69) is 30.0 Å². The number of methoxy groups -OCH3 is 1. The van der Waals surface area contributed by atoms with Gasteiger partial charge in [-0.25, -0.2) is 23.4 Å². The number of hydrogen-bond donors (Lipinski definition) is 2. The van der Waals surface area contributed by atoms with E-state index in [0.717, 1.165) is 16.1 Å². The molecule has 0 unspecified atom stereocenters. The molecule has 0 saturated carbocycles. The van der Waals surface area contributed by atoms with Crippen LogP contribution >= 0.6 is 11.3 Å². The predicted octanol–water partition coefficient (Wildman–Crippen LogP) is 6.61. The Kier molecular flexibility index (Phi) is 10.0. The lowest BCUT2D eigenvalue weighted by molar-refractivity contribution is -0.116. The summed E-state index contributed by atoms with van der Waals surface area (Å²) in [6.07, 6.45) is 2.97. The number of carbonyl (C=O) groups excluding carboxylic acids is 1. The van der Waals surface area contributed by atoms with Gasteiger partial charge in [0.1, 0.15) is 0 Å². The first-order valence-electron chi connectivity index (χ1n) is 14.5. The number of nitrogens with zero attached hydrogens (tertiary/aromatic N) is 4. The van der Waals surface area contributed by atoms with Crippen molar-refractivity contribution in [2.75, 3.05) is 23.8 Å². The Hall–Kier alpha value is -5.08. The van der Waals surface area contributed by atoms with E-state index in [9.17, 15) is 13.2 Å². The molecule has 0 atom stereocenters. The minimum absolute atomic E-state index is 0.00716. The highest BCUT2D eigenvalue weighted by Gasteiger charge is 2.26. The lowest BCUT2D eigenvalue weighted by Gasteiger charge is -2.20. The molecular weight excluding hydrogens is 641 g/mol. The molecule has 0 aliphatic heterocycles. The third-order valence-corrected chi connectivity index (χ3v) is 9.04. The van der Waals surface area contributed by atoms with Gasteiger partial charge in [0.25, 0.3) is 15.9 Å². The maximum atomic E-state index is 13.8. The fraction of sp³-hybridized carbons (Fsp3) is 0.242.